The van der Waals surface area contributed by atoms with Gasteiger partial charge >= 0.3 is 6.03 Å². The van der Waals surface area contributed by atoms with Gasteiger partial charge in [0.05, 0.1) is 22.8 Å². The van der Waals surface area contributed by atoms with Crippen LogP contribution in [0.15, 0.2) is 103 Å². The first kappa shape index (κ1) is 22.7. The summed E-state index contributed by atoms with van der Waals surface area (Å²) >= 11 is 0. The Kier molecular flexibility index (Phi) is 7.08. The number of allylic oxidation sites excluding steroid dienone is 1. The first-order valence-electron chi connectivity index (χ1n) is 10.6. The lowest BCUT2D eigenvalue weighted by atomic mass is 10.1. The number of rotatable bonds is 6. The molecule has 8 nitrogen and oxygen atoms in total. The fourth-order valence-electron chi connectivity index (χ4n) is 3.29. The summed E-state index contributed by atoms with van der Waals surface area (Å²) in [5.41, 5.74) is 3.50. The van der Waals surface area contributed by atoms with E-state index >= 15 is 0 Å². The highest BCUT2D eigenvalue weighted by Gasteiger charge is 2.13. The molecule has 3 N–H and O–H groups in total. The van der Waals surface area contributed by atoms with Crippen LogP contribution in [0.3, 0.4) is 0 Å². The van der Waals surface area contributed by atoms with Gasteiger partial charge < -0.3 is 10.6 Å². The normalized spacial score (nSPS) is 9.77. The van der Waals surface area contributed by atoms with Crippen LogP contribution in [0.4, 0.5) is 22.0 Å². The van der Waals surface area contributed by atoms with E-state index in [1.54, 1.807) is 48.5 Å². The average molecular weight is 457 g/mol. The largest absolute Gasteiger partial charge is 0.352 e. The summed E-state index contributed by atoms with van der Waals surface area (Å²) in [6.45, 7) is 0. The molecule has 3 aromatic carbocycles. The Labute approximate surface area is 202 Å². The Morgan fingerprint density at radius 3 is 1.86 bits per heavy atom. The topological polar surface area (TPSA) is 127 Å². The molecule has 1 heterocycles. The van der Waals surface area contributed by atoms with Crippen molar-refractivity contribution in [2.75, 3.05) is 16.0 Å². The molecule has 8 heteroatoms. The quantitative estimate of drug-likeness (QED) is 0.321. The third-order valence-corrected chi connectivity index (χ3v) is 4.95. The van der Waals surface area contributed by atoms with E-state index in [0.717, 1.165) is 5.56 Å². The molecule has 0 bridgehead atoms. The minimum atomic E-state index is -0.521. The molecule has 4 rings (SSSR count). The highest BCUT2D eigenvalue weighted by Crippen LogP contribution is 2.28. The number of nitrogens with zero attached hydrogens (tertiary/aromatic N) is 4. The van der Waals surface area contributed by atoms with Crippen molar-refractivity contribution in [1.29, 1.82) is 10.5 Å². The van der Waals surface area contributed by atoms with Gasteiger partial charge in [-0.3, -0.25) is 5.32 Å². The minimum absolute atomic E-state index is 0.0794. The molecule has 0 saturated heterocycles. The molecular weight excluding hydrogens is 438 g/mol. The van der Waals surface area contributed by atoms with Gasteiger partial charge in [0, 0.05) is 11.1 Å². The Balaban J connectivity index is 1.51. The van der Waals surface area contributed by atoms with Crippen LogP contribution in [-0.4, -0.2) is 16.2 Å². The second kappa shape index (κ2) is 10.9. The molecule has 2 amide bonds. The van der Waals surface area contributed by atoms with Crippen molar-refractivity contribution in [2.45, 2.75) is 0 Å². The molecule has 0 unspecified atom stereocenters. The molecule has 1 aromatic heterocycles. The number of nitrogens with one attached hydrogen (secondary N) is 3. The van der Waals surface area contributed by atoms with E-state index < -0.39 is 6.03 Å². The second-order valence-electron chi connectivity index (χ2n) is 7.26. The van der Waals surface area contributed by atoms with E-state index in [1.165, 1.54) is 0 Å². The molecule has 4 aromatic rings. The van der Waals surface area contributed by atoms with Crippen molar-refractivity contribution in [3.63, 3.8) is 0 Å². The lowest BCUT2D eigenvalue weighted by Gasteiger charge is -2.16. The van der Waals surface area contributed by atoms with Crippen molar-refractivity contribution in [3.8, 4) is 23.4 Å². The highest BCUT2D eigenvalue weighted by atomic mass is 16.2. The van der Waals surface area contributed by atoms with Gasteiger partial charge in [-0.2, -0.15) is 10.5 Å². The van der Waals surface area contributed by atoms with Crippen LogP contribution in [0.2, 0.25) is 0 Å². The van der Waals surface area contributed by atoms with Gasteiger partial charge in [0.1, 0.15) is 12.1 Å². The van der Waals surface area contributed by atoms with Gasteiger partial charge in [-0.1, -0.05) is 72.8 Å². The molecular formula is C27H19N7O. The molecule has 35 heavy (non-hydrogen) atoms. The maximum Gasteiger partial charge on any atom is 0.324 e. The van der Waals surface area contributed by atoms with Crippen molar-refractivity contribution in [3.05, 3.63) is 108 Å². The third kappa shape index (κ3) is 5.67. The van der Waals surface area contributed by atoms with Crippen molar-refractivity contribution in [1.82, 2.24) is 10.2 Å². The van der Waals surface area contributed by atoms with Crippen LogP contribution in [0.5, 0.6) is 0 Å². The van der Waals surface area contributed by atoms with Crippen LogP contribution in [0.1, 0.15) is 5.56 Å². The molecule has 0 atom stereocenters. The van der Waals surface area contributed by atoms with Crippen molar-refractivity contribution >= 4 is 28.9 Å². The predicted molar refractivity (Wildman–Crippen MR) is 135 cm³/mol. The first-order chi connectivity index (χ1) is 17.2. The van der Waals surface area contributed by atoms with Gasteiger partial charge in [0.2, 0.25) is 0 Å². The molecule has 168 valence electrons. The number of carbonyl (C=O) groups excluding carboxylic acids is 1. The zero-order valence-electron chi connectivity index (χ0n) is 18.4. The smallest absolute Gasteiger partial charge is 0.324 e. The van der Waals surface area contributed by atoms with Gasteiger partial charge in [0.25, 0.3) is 0 Å². The van der Waals surface area contributed by atoms with E-state index in [4.69, 9.17) is 0 Å². The number of nitriles is 2. The Morgan fingerprint density at radius 1 is 0.657 bits per heavy atom. The highest BCUT2D eigenvalue weighted by molar-refractivity contribution is 6.02. The third-order valence-electron chi connectivity index (χ3n) is 4.95. The summed E-state index contributed by atoms with van der Waals surface area (Å²) in [7, 11) is 0. The van der Waals surface area contributed by atoms with Crippen LogP contribution in [0.25, 0.3) is 17.0 Å². The summed E-state index contributed by atoms with van der Waals surface area (Å²) in [5, 5.41) is 35.7. The average Bonchev–Trinajstić information content (AvgIpc) is 2.91. The van der Waals surface area contributed by atoms with E-state index in [1.807, 2.05) is 60.7 Å². The first-order valence-corrected chi connectivity index (χ1v) is 10.6. The lowest BCUT2D eigenvalue weighted by Crippen LogP contribution is -2.21. The Morgan fingerprint density at radius 2 is 1.26 bits per heavy atom. The number of carbonyl (C=O) groups is 1. The second-order valence-corrected chi connectivity index (χ2v) is 7.26. The fraction of sp³-hybridized carbons (Fsp3) is 0. The SMILES string of the molecule is N#CC(C#N)=C(Nc1ccccc1NC(=O)Nc1ccc(-c2ccccc2)nn1)c1ccccc1. The number of anilines is 3. The minimum Gasteiger partial charge on any atom is -0.352 e. The van der Waals surface area contributed by atoms with Gasteiger partial charge in [-0.15, -0.1) is 10.2 Å². The molecule has 0 spiro atoms. The number of benzene rings is 3. The van der Waals surface area contributed by atoms with Crippen LogP contribution >= 0.6 is 0 Å². The summed E-state index contributed by atoms with van der Waals surface area (Å²) < 4.78 is 0. The summed E-state index contributed by atoms with van der Waals surface area (Å²) in [5.74, 6) is 0.286. The van der Waals surface area contributed by atoms with E-state index in [-0.39, 0.29) is 11.4 Å². The molecule has 0 saturated carbocycles. The summed E-state index contributed by atoms with van der Waals surface area (Å²) in [4.78, 5) is 12.7. The number of urea groups is 1. The lowest BCUT2D eigenvalue weighted by molar-refractivity contribution is 0.262. The zero-order chi connectivity index (χ0) is 24.5. The molecule has 0 fully saturated rings. The summed E-state index contributed by atoms with van der Waals surface area (Å²) in [6.07, 6.45) is 0. The Hall–Kier alpha value is -5.47. The van der Waals surface area contributed by atoms with E-state index in [2.05, 4.69) is 26.1 Å². The van der Waals surface area contributed by atoms with Gasteiger partial charge in [-0.25, -0.2) is 4.79 Å². The number of para-hydroxylation sites is 2. The van der Waals surface area contributed by atoms with Gasteiger partial charge in [0.15, 0.2) is 11.4 Å². The zero-order valence-corrected chi connectivity index (χ0v) is 18.4. The van der Waals surface area contributed by atoms with Crippen LogP contribution in [0, 0.1) is 22.7 Å². The number of hydrogen-bond donors (Lipinski definition) is 3. The van der Waals surface area contributed by atoms with Gasteiger partial charge in [-0.05, 0) is 24.3 Å². The van der Waals surface area contributed by atoms with E-state index in [0.29, 0.717) is 28.3 Å². The number of aromatic nitrogens is 2. The van der Waals surface area contributed by atoms with Crippen LogP contribution in [-0.2, 0) is 0 Å². The van der Waals surface area contributed by atoms with E-state index in [9.17, 15) is 15.3 Å². The van der Waals surface area contributed by atoms with Crippen LogP contribution < -0.4 is 16.0 Å². The molecule has 0 aliphatic rings. The summed E-state index contributed by atoms with van der Waals surface area (Å²) in [6, 6.07) is 32.4. The van der Waals surface area contributed by atoms with Crippen molar-refractivity contribution < 1.29 is 4.79 Å². The molecule has 0 aliphatic carbocycles. The monoisotopic (exact) mass is 457 g/mol. The van der Waals surface area contributed by atoms with Crippen molar-refractivity contribution in [2.24, 2.45) is 0 Å². The maximum atomic E-state index is 12.7. The fourth-order valence-corrected chi connectivity index (χ4v) is 3.29. The number of amides is 2. The maximum absolute atomic E-state index is 12.7. The Bertz CT molecular complexity index is 1420. The molecule has 0 radical (unpaired) electrons. The standard InChI is InChI=1S/C27H19N7O/c28-17-21(18-29)26(20-11-5-2-6-12-20)30-23-13-7-8-14-24(23)31-27(35)32-25-16-15-22(33-34-25)19-9-3-1-4-10-19/h1-16,30H,(H2,31,32,34,35). The molecule has 0 aliphatic heterocycles. The predicted octanol–water partition coefficient (Wildman–Crippen LogP) is 5.66. The number of hydrogen-bond acceptors (Lipinski definition) is 6.